The molecule has 1 aliphatic heterocycles. The summed E-state index contributed by atoms with van der Waals surface area (Å²) in [6, 6.07) is 7.51. The van der Waals surface area contributed by atoms with E-state index in [9.17, 15) is 39.6 Å². The van der Waals surface area contributed by atoms with Crippen LogP contribution < -0.4 is 4.74 Å². The molecule has 6 atom stereocenters. The summed E-state index contributed by atoms with van der Waals surface area (Å²) in [4.78, 5) is 49.3. The first kappa shape index (κ1) is 23.8. The normalized spacial score (nSPS) is 34.7. The monoisotopic (exact) mass is 424 g/mol. The maximum atomic E-state index is 12.5. The Morgan fingerprint density at radius 1 is 0.900 bits per heavy atom. The van der Waals surface area contributed by atoms with Gasteiger partial charge in [0, 0.05) is 0 Å². The molecule has 1 unspecified atom stereocenters. The second-order valence-corrected chi connectivity index (χ2v) is 7.29. The van der Waals surface area contributed by atoms with Gasteiger partial charge in [0.2, 0.25) is 17.5 Å². The van der Waals surface area contributed by atoms with Gasteiger partial charge in [-0.15, -0.1) is 0 Å². The van der Waals surface area contributed by atoms with Crippen LogP contribution in [-0.2, 0) is 23.9 Å². The number of benzene rings is 1. The first-order valence-electron chi connectivity index (χ1n) is 9.02. The molecule has 30 heavy (non-hydrogen) atoms. The number of Topliss-reactive ketones (excluding diaryl/α,β-unsaturated/α-hetero) is 4. The highest BCUT2D eigenvalue weighted by atomic mass is 16.7. The van der Waals surface area contributed by atoms with Crippen molar-refractivity contribution < 1.29 is 49.1 Å². The maximum absolute atomic E-state index is 12.5. The van der Waals surface area contributed by atoms with Crippen LogP contribution in [0, 0.1) is 0 Å². The van der Waals surface area contributed by atoms with Crippen molar-refractivity contribution in [2.24, 2.45) is 0 Å². The van der Waals surface area contributed by atoms with E-state index in [1.54, 1.807) is 6.07 Å². The Kier molecular flexibility index (Phi) is 6.32. The number of aliphatic hydroxyl groups is 4. The zero-order valence-electron chi connectivity index (χ0n) is 16.9. The third-order valence-corrected chi connectivity index (χ3v) is 5.40. The number of carbonyl (C=O) groups excluding carboxylic acids is 4. The van der Waals surface area contributed by atoms with E-state index in [4.69, 9.17) is 9.47 Å². The van der Waals surface area contributed by atoms with Crippen molar-refractivity contribution in [1.82, 2.24) is 0 Å². The van der Waals surface area contributed by atoms with E-state index in [0.717, 1.165) is 27.7 Å². The van der Waals surface area contributed by atoms with Crippen molar-refractivity contribution >= 4 is 23.1 Å². The smallest absolute Gasteiger partial charge is 0.240 e. The number of hydrogen-bond donors (Lipinski definition) is 4. The van der Waals surface area contributed by atoms with E-state index < -0.39 is 58.4 Å². The van der Waals surface area contributed by atoms with E-state index in [2.05, 4.69) is 0 Å². The van der Waals surface area contributed by atoms with Crippen LogP contribution in [0.5, 0.6) is 5.75 Å². The number of rotatable bonds is 7. The van der Waals surface area contributed by atoms with Crippen molar-refractivity contribution in [2.75, 3.05) is 0 Å². The molecule has 0 amide bonds. The van der Waals surface area contributed by atoms with Gasteiger partial charge in [0.05, 0.1) is 0 Å². The molecule has 0 aromatic heterocycles. The van der Waals surface area contributed by atoms with Gasteiger partial charge in [0.25, 0.3) is 0 Å². The van der Waals surface area contributed by atoms with Gasteiger partial charge in [-0.05, 0) is 39.8 Å². The molecule has 0 aliphatic carbocycles. The minimum atomic E-state index is -3.52. The van der Waals surface area contributed by atoms with Crippen molar-refractivity contribution in [1.29, 1.82) is 0 Å². The lowest BCUT2D eigenvalue weighted by molar-refractivity contribution is -0.358. The summed E-state index contributed by atoms with van der Waals surface area (Å²) in [5, 5.41) is 44.0. The van der Waals surface area contributed by atoms with Gasteiger partial charge in [-0.2, -0.15) is 0 Å². The van der Waals surface area contributed by atoms with Crippen LogP contribution in [0.4, 0.5) is 0 Å². The summed E-state index contributed by atoms with van der Waals surface area (Å²) in [6.07, 6.45) is -6.62. The van der Waals surface area contributed by atoms with Crippen LogP contribution >= 0.6 is 0 Å². The average Bonchev–Trinajstić information content (AvgIpc) is 2.67. The molecule has 0 saturated carbocycles. The number of ether oxygens (including phenoxy) is 2. The van der Waals surface area contributed by atoms with Crippen molar-refractivity contribution in [2.45, 2.75) is 63.0 Å². The van der Waals surface area contributed by atoms with Crippen molar-refractivity contribution in [3.63, 3.8) is 0 Å². The second-order valence-electron chi connectivity index (χ2n) is 7.29. The number of carbonyl (C=O) groups is 4. The average molecular weight is 424 g/mol. The minimum absolute atomic E-state index is 0.0254. The fraction of sp³-hybridized carbons (Fsp3) is 0.500. The molecule has 1 heterocycles. The largest absolute Gasteiger partial charge is 0.461 e. The molecule has 0 spiro atoms. The Hall–Kier alpha value is -2.50. The molecular formula is C20H24O10. The van der Waals surface area contributed by atoms with Gasteiger partial charge < -0.3 is 29.9 Å². The van der Waals surface area contributed by atoms with Crippen molar-refractivity contribution in [3.05, 3.63) is 30.3 Å². The van der Waals surface area contributed by atoms with Crippen molar-refractivity contribution in [3.8, 4) is 5.75 Å². The summed E-state index contributed by atoms with van der Waals surface area (Å²) in [6.45, 7) is 3.18. The summed E-state index contributed by atoms with van der Waals surface area (Å²) in [5.74, 6) is -4.93. The van der Waals surface area contributed by atoms with Gasteiger partial charge >= 0.3 is 0 Å². The first-order chi connectivity index (χ1) is 13.8. The number of ketones is 4. The molecule has 10 nitrogen and oxygen atoms in total. The molecule has 0 radical (unpaired) electrons. The molecule has 10 heteroatoms. The Balaban J connectivity index is 2.82. The standard InChI is InChI=1S/C20H24O10/c1-10(21)15(25)16-18(26,11(2)22)20(28,13(4)24)19(27,12(3)23)17(30-16)29-14-8-6-5-7-9-14/h5-9,15-17,25-28H,1-4H3/t15?,16-,17+,18-,19+,20+/m1/s1. The Morgan fingerprint density at radius 2 is 1.40 bits per heavy atom. The topological polar surface area (TPSA) is 168 Å². The van der Waals surface area contributed by atoms with E-state index in [-0.39, 0.29) is 5.75 Å². The predicted octanol–water partition coefficient (Wildman–Crippen LogP) is -1.30. The van der Waals surface area contributed by atoms with Crippen LogP contribution in [0.2, 0.25) is 0 Å². The minimum Gasteiger partial charge on any atom is -0.461 e. The quantitative estimate of drug-likeness (QED) is 0.413. The number of para-hydroxylation sites is 1. The molecule has 2 rings (SSSR count). The van der Waals surface area contributed by atoms with Gasteiger partial charge in [-0.25, -0.2) is 0 Å². The van der Waals surface area contributed by atoms with E-state index in [1.807, 2.05) is 0 Å². The van der Waals surface area contributed by atoms with E-state index in [0.29, 0.717) is 0 Å². The molecule has 1 aromatic carbocycles. The van der Waals surface area contributed by atoms with E-state index >= 15 is 0 Å². The lowest BCUT2D eigenvalue weighted by atomic mass is 9.60. The lowest BCUT2D eigenvalue weighted by Gasteiger charge is -2.57. The maximum Gasteiger partial charge on any atom is 0.240 e. The molecule has 1 fully saturated rings. The molecule has 164 valence electrons. The van der Waals surface area contributed by atoms with Gasteiger partial charge in [-0.3, -0.25) is 19.2 Å². The molecular weight excluding hydrogens is 400 g/mol. The molecule has 1 saturated heterocycles. The second kappa shape index (κ2) is 7.97. The van der Waals surface area contributed by atoms with E-state index in [1.165, 1.54) is 24.3 Å². The lowest BCUT2D eigenvalue weighted by Crippen LogP contribution is -2.87. The van der Waals surface area contributed by atoms with Gasteiger partial charge in [0.15, 0.2) is 28.7 Å². The highest BCUT2D eigenvalue weighted by molar-refractivity contribution is 6.05. The SMILES string of the molecule is CC(=O)C(O)[C@H]1O[C@H](Oc2ccccc2)[C@@](O)(C(C)=O)[C@](O)(C(C)=O)[C@@]1(O)C(C)=O. The predicted molar refractivity (Wildman–Crippen MR) is 99.3 cm³/mol. The van der Waals surface area contributed by atoms with Crippen LogP contribution in [0.3, 0.4) is 0 Å². The van der Waals surface area contributed by atoms with Crippen LogP contribution in [-0.4, -0.2) is 78.9 Å². The summed E-state index contributed by atoms with van der Waals surface area (Å²) >= 11 is 0. The fourth-order valence-electron chi connectivity index (χ4n) is 3.66. The summed E-state index contributed by atoms with van der Waals surface area (Å²) < 4.78 is 10.8. The van der Waals surface area contributed by atoms with Crippen LogP contribution in [0.1, 0.15) is 27.7 Å². The van der Waals surface area contributed by atoms with Crippen LogP contribution in [0.25, 0.3) is 0 Å². The highest BCUT2D eigenvalue weighted by Crippen LogP contribution is 2.47. The Labute approximate surface area is 172 Å². The third-order valence-electron chi connectivity index (χ3n) is 5.40. The molecule has 4 N–H and O–H groups in total. The third kappa shape index (κ3) is 3.17. The van der Waals surface area contributed by atoms with Gasteiger partial charge in [0.1, 0.15) is 18.0 Å². The highest BCUT2D eigenvalue weighted by Gasteiger charge is 2.80. The summed E-state index contributed by atoms with van der Waals surface area (Å²) in [5.41, 5.74) is -10.2. The Bertz CT molecular complexity index is 868. The molecule has 1 aliphatic rings. The summed E-state index contributed by atoms with van der Waals surface area (Å²) in [7, 11) is 0. The number of aliphatic hydroxyl groups excluding tert-OH is 1. The van der Waals surface area contributed by atoms with Crippen LogP contribution in [0.15, 0.2) is 30.3 Å². The zero-order valence-corrected chi connectivity index (χ0v) is 16.9. The molecule has 0 bridgehead atoms. The molecule has 1 aromatic rings. The Morgan fingerprint density at radius 3 is 1.80 bits per heavy atom. The van der Waals surface area contributed by atoms with Gasteiger partial charge in [-0.1, -0.05) is 18.2 Å². The fourth-order valence-corrected chi connectivity index (χ4v) is 3.66. The zero-order chi connectivity index (χ0) is 23.1. The number of hydrogen-bond acceptors (Lipinski definition) is 10. The first-order valence-corrected chi connectivity index (χ1v) is 9.02.